The molecule has 0 fully saturated rings. The molecule has 19 heavy (non-hydrogen) atoms. The third-order valence-electron chi connectivity index (χ3n) is 1.87. The molecule has 1 atom stereocenters. The van der Waals surface area contributed by atoms with Crippen molar-refractivity contribution in [1.29, 1.82) is 0 Å². The molecular weight excluding hydrogens is 305 g/mol. The molecule has 0 aromatic rings. The van der Waals surface area contributed by atoms with Crippen molar-refractivity contribution in [1.82, 2.24) is 10.6 Å². The molecule has 0 radical (unpaired) electrons. The average Bonchev–Trinajstić information content (AvgIpc) is 2.28. The van der Waals surface area contributed by atoms with E-state index in [0.717, 1.165) is 0 Å². The number of nitrogens with one attached hydrogen (secondary N) is 2. The Bertz CT molecular complexity index is 303. The van der Waals surface area contributed by atoms with E-state index in [9.17, 15) is 22.8 Å². The van der Waals surface area contributed by atoms with Crippen LogP contribution in [0.25, 0.3) is 0 Å². The van der Waals surface area contributed by atoms with Crippen molar-refractivity contribution >= 4 is 35.5 Å². The van der Waals surface area contributed by atoms with Crippen LogP contribution < -0.4 is 10.6 Å². The molecule has 0 aromatic carbocycles. The highest BCUT2D eigenvalue weighted by Crippen LogP contribution is 2.29. The van der Waals surface area contributed by atoms with E-state index in [1.54, 1.807) is 6.26 Å². The van der Waals surface area contributed by atoms with Crippen LogP contribution >= 0.6 is 23.5 Å². The number of aliphatic carboxylic acids is 1. The first-order valence-corrected chi connectivity index (χ1v) is 7.61. The second-order valence-electron chi connectivity index (χ2n) is 3.37. The summed E-state index contributed by atoms with van der Waals surface area (Å²) >= 11 is 1.19. The molecule has 2 amide bonds. The number of carbonyl (C=O) groups is 2. The number of carboxylic acid groups (broad SMARTS) is 1. The zero-order chi connectivity index (χ0) is 14.9. The van der Waals surface area contributed by atoms with Crippen molar-refractivity contribution in [2.24, 2.45) is 0 Å². The Kier molecular flexibility index (Phi) is 8.81. The molecule has 112 valence electrons. The minimum atomic E-state index is -4.33. The average molecular weight is 320 g/mol. The molecule has 0 aliphatic carbocycles. The highest BCUT2D eigenvalue weighted by Gasteiger charge is 2.27. The van der Waals surface area contributed by atoms with Gasteiger partial charge in [-0.05, 0) is 30.2 Å². The molecule has 0 heterocycles. The number of thioether (sulfide) groups is 2. The Labute approximate surface area is 117 Å². The number of carboxylic acids is 1. The first-order chi connectivity index (χ1) is 8.76. The van der Waals surface area contributed by atoms with Crippen molar-refractivity contribution in [2.75, 3.05) is 24.3 Å². The lowest BCUT2D eigenvalue weighted by Gasteiger charge is -2.14. The monoisotopic (exact) mass is 320 g/mol. The van der Waals surface area contributed by atoms with Crippen LogP contribution in [0.4, 0.5) is 18.0 Å². The molecule has 0 aliphatic rings. The normalized spacial score (nSPS) is 12.8. The number of alkyl halides is 3. The summed E-state index contributed by atoms with van der Waals surface area (Å²) < 4.78 is 35.4. The van der Waals surface area contributed by atoms with Gasteiger partial charge in [0.15, 0.2) is 0 Å². The summed E-state index contributed by atoms with van der Waals surface area (Å²) in [5, 5.41) is 13.2. The van der Waals surface area contributed by atoms with Crippen molar-refractivity contribution in [3.63, 3.8) is 0 Å². The molecule has 0 bridgehead atoms. The maximum absolute atomic E-state index is 11.8. The molecule has 0 aromatic heterocycles. The maximum atomic E-state index is 11.8. The summed E-state index contributed by atoms with van der Waals surface area (Å²) in [5.74, 6) is -0.936. The van der Waals surface area contributed by atoms with Gasteiger partial charge in [0.05, 0.1) is 0 Å². The van der Waals surface area contributed by atoms with Gasteiger partial charge in [0.1, 0.15) is 6.04 Å². The maximum Gasteiger partial charge on any atom is 0.441 e. The summed E-state index contributed by atoms with van der Waals surface area (Å²) in [4.78, 5) is 22.1. The van der Waals surface area contributed by atoms with Gasteiger partial charge in [-0.2, -0.15) is 24.9 Å². The van der Waals surface area contributed by atoms with Gasteiger partial charge in [0.25, 0.3) is 0 Å². The van der Waals surface area contributed by atoms with E-state index in [2.05, 4.69) is 10.6 Å². The molecule has 3 N–H and O–H groups in total. The molecule has 0 saturated heterocycles. The van der Waals surface area contributed by atoms with Crippen LogP contribution in [-0.2, 0) is 4.79 Å². The lowest BCUT2D eigenvalue weighted by Crippen LogP contribution is -2.46. The molecule has 0 saturated carbocycles. The Morgan fingerprint density at radius 2 is 1.95 bits per heavy atom. The topological polar surface area (TPSA) is 78.4 Å². The van der Waals surface area contributed by atoms with E-state index < -0.39 is 23.6 Å². The molecule has 10 heteroatoms. The highest BCUT2D eigenvalue weighted by atomic mass is 32.2. The summed E-state index contributed by atoms with van der Waals surface area (Å²) in [6.45, 7) is -0.190. The summed E-state index contributed by atoms with van der Waals surface area (Å²) in [6, 6.07) is -1.82. The number of halogens is 3. The van der Waals surface area contributed by atoms with Gasteiger partial charge in [0, 0.05) is 12.3 Å². The first kappa shape index (κ1) is 18.2. The predicted molar refractivity (Wildman–Crippen MR) is 69.5 cm³/mol. The zero-order valence-corrected chi connectivity index (χ0v) is 11.8. The van der Waals surface area contributed by atoms with Crippen molar-refractivity contribution < 1.29 is 27.9 Å². The number of hydrogen-bond donors (Lipinski definition) is 3. The second kappa shape index (κ2) is 9.18. The van der Waals surface area contributed by atoms with E-state index in [1.807, 2.05) is 0 Å². The second-order valence-corrected chi connectivity index (χ2v) is 5.51. The molecule has 0 aliphatic heterocycles. The van der Waals surface area contributed by atoms with Crippen molar-refractivity contribution in [2.45, 2.75) is 18.0 Å². The van der Waals surface area contributed by atoms with Gasteiger partial charge in [-0.25, -0.2) is 9.59 Å². The van der Waals surface area contributed by atoms with Crippen LogP contribution in [0, 0.1) is 0 Å². The number of rotatable bonds is 8. The SMILES string of the molecule is CSCCC(NC(=O)NCCSC(F)(F)F)C(=O)O. The van der Waals surface area contributed by atoms with Crippen molar-refractivity contribution in [3.8, 4) is 0 Å². The van der Waals surface area contributed by atoms with Crippen LogP contribution in [0.2, 0.25) is 0 Å². The van der Waals surface area contributed by atoms with E-state index in [4.69, 9.17) is 5.11 Å². The Balaban J connectivity index is 3.90. The van der Waals surface area contributed by atoms with Crippen LogP contribution in [0.3, 0.4) is 0 Å². The lowest BCUT2D eigenvalue weighted by molar-refractivity contribution is -0.139. The van der Waals surface area contributed by atoms with Crippen LogP contribution in [-0.4, -0.2) is 53.0 Å². The predicted octanol–water partition coefficient (Wildman–Crippen LogP) is 1.74. The van der Waals surface area contributed by atoms with E-state index in [1.165, 1.54) is 11.8 Å². The summed E-state index contributed by atoms with van der Waals surface area (Å²) in [7, 11) is 0. The summed E-state index contributed by atoms with van der Waals surface area (Å²) in [6.07, 6.45) is 2.05. The largest absolute Gasteiger partial charge is 0.480 e. The van der Waals surface area contributed by atoms with Gasteiger partial charge in [0.2, 0.25) is 0 Å². The third kappa shape index (κ3) is 10.8. The number of carbonyl (C=O) groups excluding carboxylic acids is 1. The highest BCUT2D eigenvalue weighted by molar-refractivity contribution is 8.00. The van der Waals surface area contributed by atoms with Gasteiger partial charge in [-0.15, -0.1) is 0 Å². The Morgan fingerprint density at radius 1 is 1.32 bits per heavy atom. The zero-order valence-electron chi connectivity index (χ0n) is 10.1. The fourth-order valence-electron chi connectivity index (χ4n) is 1.03. The molecule has 1 unspecified atom stereocenters. The fourth-order valence-corrected chi connectivity index (χ4v) is 1.94. The molecule has 5 nitrogen and oxygen atoms in total. The summed E-state index contributed by atoms with van der Waals surface area (Å²) in [5.41, 5.74) is -4.33. The number of hydrogen-bond acceptors (Lipinski definition) is 4. The van der Waals surface area contributed by atoms with Gasteiger partial charge in [-0.3, -0.25) is 0 Å². The van der Waals surface area contributed by atoms with Gasteiger partial charge < -0.3 is 15.7 Å². The first-order valence-electron chi connectivity index (χ1n) is 5.23. The number of amides is 2. The molecule has 0 spiro atoms. The van der Waals surface area contributed by atoms with Crippen LogP contribution in [0.1, 0.15) is 6.42 Å². The Morgan fingerprint density at radius 3 is 2.42 bits per heavy atom. The third-order valence-corrected chi connectivity index (χ3v) is 3.25. The van der Waals surface area contributed by atoms with Crippen LogP contribution in [0.5, 0.6) is 0 Å². The van der Waals surface area contributed by atoms with Gasteiger partial charge >= 0.3 is 17.5 Å². The van der Waals surface area contributed by atoms with Crippen LogP contribution in [0.15, 0.2) is 0 Å². The Hall–Kier alpha value is -0.770. The van der Waals surface area contributed by atoms with Crippen molar-refractivity contribution in [3.05, 3.63) is 0 Å². The minimum Gasteiger partial charge on any atom is -0.480 e. The smallest absolute Gasteiger partial charge is 0.441 e. The standard InChI is InChI=1S/C9H15F3N2O3S2/c1-18-4-2-6(7(15)16)14-8(17)13-3-5-19-9(10,11)12/h6H,2-5H2,1H3,(H,15,16)(H2,13,14,17). The van der Waals surface area contributed by atoms with E-state index in [0.29, 0.717) is 5.75 Å². The van der Waals surface area contributed by atoms with E-state index >= 15 is 0 Å². The number of urea groups is 1. The lowest BCUT2D eigenvalue weighted by atomic mass is 10.2. The fraction of sp³-hybridized carbons (Fsp3) is 0.778. The minimum absolute atomic E-state index is 0.190. The van der Waals surface area contributed by atoms with Gasteiger partial charge in [-0.1, -0.05) is 0 Å². The molecule has 0 rings (SSSR count). The molecular formula is C9H15F3N2O3S2. The quantitative estimate of drug-likeness (QED) is 0.594. The van der Waals surface area contributed by atoms with E-state index in [-0.39, 0.29) is 30.5 Å².